The van der Waals surface area contributed by atoms with Crippen LogP contribution in [0.2, 0.25) is 0 Å². The molecule has 1 heteroatoms. The van der Waals surface area contributed by atoms with Gasteiger partial charge in [-0.15, -0.1) is 0 Å². The molecule has 0 N–H and O–H groups in total. The molecule has 1 atom stereocenters. The summed E-state index contributed by atoms with van der Waals surface area (Å²) in [7, 11) is 0. The molecule has 1 nitrogen and oxygen atoms in total. The van der Waals surface area contributed by atoms with Crippen molar-refractivity contribution >= 4 is 6.29 Å². The Balaban J connectivity index is 2.32. The molecule has 0 radical (unpaired) electrons. The summed E-state index contributed by atoms with van der Waals surface area (Å²) in [6, 6.07) is 18.7. The van der Waals surface area contributed by atoms with Gasteiger partial charge < -0.3 is 4.79 Å². The summed E-state index contributed by atoms with van der Waals surface area (Å²) in [5.41, 5.74) is 3.65. The summed E-state index contributed by atoms with van der Waals surface area (Å²) < 4.78 is 0. The molecule has 0 saturated carbocycles. The lowest BCUT2D eigenvalue weighted by atomic mass is 9.94. The molecule has 0 spiro atoms. The number of hydrogen-bond donors (Lipinski definition) is 0. The molecular formula is C16H16O. The maximum atomic E-state index is 10.5. The van der Waals surface area contributed by atoms with Crippen LogP contribution in [0.4, 0.5) is 0 Å². The Morgan fingerprint density at radius 2 is 1.71 bits per heavy atom. The fraction of sp³-hybridized carbons (Fsp3) is 0.188. The van der Waals surface area contributed by atoms with Crippen LogP contribution in [-0.2, 0) is 4.79 Å². The van der Waals surface area contributed by atoms with Gasteiger partial charge >= 0.3 is 0 Å². The number of benzene rings is 2. The number of rotatable bonds is 4. The van der Waals surface area contributed by atoms with Gasteiger partial charge in [0.25, 0.3) is 0 Å². The fourth-order valence-corrected chi connectivity index (χ4v) is 1.94. The van der Waals surface area contributed by atoms with Crippen LogP contribution in [-0.4, -0.2) is 6.29 Å². The van der Waals surface area contributed by atoms with Crippen molar-refractivity contribution in [1.82, 2.24) is 0 Å². The Labute approximate surface area is 102 Å². The van der Waals surface area contributed by atoms with Crippen LogP contribution in [0, 0.1) is 0 Å². The van der Waals surface area contributed by atoms with E-state index in [1.165, 1.54) is 16.7 Å². The second kappa shape index (κ2) is 5.44. The molecule has 0 fully saturated rings. The van der Waals surface area contributed by atoms with Crippen molar-refractivity contribution in [3.63, 3.8) is 0 Å². The maximum absolute atomic E-state index is 10.5. The molecule has 0 saturated heterocycles. The van der Waals surface area contributed by atoms with Crippen LogP contribution in [0.25, 0.3) is 11.1 Å². The molecule has 0 aromatic heterocycles. The monoisotopic (exact) mass is 224 g/mol. The zero-order chi connectivity index (χ0) is 12.1. The lowest BCUT2D eigenvalue weighted by Gasteiger charge is -2.10. The highest BCUT2D eigenvalue weighted by Crippen LogP contribution is 2.24. The largest absolute Gasteiger partial charge is 0.303 e. The van der Waals surface area contributed by atoms with Crippen LogP contribution in [0.5, 0.6) is 0 Å². The second-order valence-electron chi connectivity index (χ2n) is 4.29. The van der Waals surface area contributed by atoms with Crippen LogP contribution in [0.3, 0.4) is 0 Å². The van der Waals surface area contributed by atoms with Crippen molar-refractivity contribution in [3.8, 4) is 11.1 Å². The Morgan fingerprint density at radius 1 is 1.00 bits per heavy atom. The van der Waals surface area contributed by atoms with Crippen LogP contribution in [0.15, 0.2) is 54.6 Å². The molecular weight excluding hydrogens is 208 g/mol. The number of carbonyl (C=O) groups is 1. The van der Waals surface area contributed by atoms with Gasteiger partial charge in [0.15, 0.2) is 0 Å². The molecule has 1 unspecified atom stereocenters. The Bertz CT molecular complexity index is 488. The first-order valence-electron chi connectivity index (χ1n) is 5.90. The van der Waals surface area contributed by atoms with Gasteiger partial charge in [-0.2, -0.15) is 0 Å². The highest BCUT2D eigenvalue weighted by atomic mass is 16.1. The predicted octanol–water partition coefficient (Wildman–Crippen LogP) is 4.05. The fourth-order valence-electron chi connectivity index (χ4n) is 1.94. The molecule has 0 bridgehead atoms. The van der Waals surface area contributed by atoms with E-state index in [-0.39, 0.29) is 5.92 Å². The van der Waals surface area contributed by atoms with Crippen molar-refractivity contribution in [2.75, 3.05) is 0 Å². The minimum atomic E-state index is 0.288. The number of aldehydes is 1. The Morgan fingerprint density at radius 3 is 2.41 bits per heavy atom. The molecule has 0 aliphatic heterocycles. The van der Waals surface area contributed by atoms with E-state index in [0.717, 1.165) is 6.29 Å². The first-order chi connectivity index (χ1) is 8.31. The molecule has 2 rings (SSSR count). The van der Waals surface area contributed by atoms with E-state index in [2.05, 4.69) is 43.3 Å². The standard InChI is InChI=1S/C16H16O/c1-13(10-11-17)15-8-5-9-16(12-15)14-6-3-2-4-7-14/h2-9,11-13H,10H2,1H3. The molecule has 0 amide bonds. The number of carbonyl (C=O) groups excluding carboxylic acids is 1. The van der Waals surface area contributed by atoms with Gasteiger partial charge in [0.05, 0.1) is 0 Å². The molecule has 2 aromatic rings. The summed E-state index contributed by atoms with van der Waals surface area (Å²) in [4.78, 5) is 10.5. The van der Waals surface area contributed by atoms with Gasteiger partial charge in [-0.1, -0.05) is 61.5 Å². The van der Waals surface area contributed by atoms with Crippen LogP contribution >= 0.6 is 0 Å². The van der Waals surface area contributed by atoms with Crippen molar-refractivity contribution in [2.45, 2.75) is 19.3 Å². The quantitative estimate of drug-likeness (QED) is 0.716. The maximum Gasteiger partial charge on any atom is 0.120 e. The van der Waals surface area contributed by atoms with Gasteiger partial charge in [-0.05, 0) is 22.6 Å². The molecule has 17 heavy (non-hydrogen) atoms. The normalized spacial score (nSPS) is 12.1. The SMILES string of the molecule is CC(CC=O)c1cccc(-c2ccccc2)c1. The van der Waals surface area contributed by atoms with E-state index in [1.807, 2.05) is 18.2 Å². The average Bonchev–Trinajstić information content (AvgIpc) is 2.40. The van der Waals surface area contributed by atoms with E-state index < -0.39 is 0 Å². The minimum Gasteiger partial charge on any atom is -0.303 e. The van der Waals surface area contributed by atoms with Crippen molar-refractivity contribution in [1.29, 1.82) is 0 Å². The molecule has 0 aliphatic carbocycles. The Kier molecular flexibility index (Phi) is 3.71. The first kappa shape index (κ1) is 11.6. The summed E-state index contributed by atoms with van der Waals surface area (Å²) in [6.07, 6.45) is 1.57. The third-order valence-electron chi connectivity index (χ3n) is 3.01. The van der Waals surface area contributed by atoms with Gasteiger partial charge in [0.1, 0.15) is 6.29 Å². The van der Waals surface area contributed by atoms with E-state index in [1.54, 1.807) is 0 Å². The summed E-state index contributed by atoms with van der Waals surface area (Å²) in [5, 5.41) is 0. The first-order valence-corrected chi connectivity index (χ1v) is 5.90. The minimum absolute atomic E-state index is 0.288. The molecule has 0 aliphatic rings. The molecule has 86 valence electrons. The Hall–Kier alpha value is -1.89. The van der Waals surface area contributed by atoms with E-state index in [0.29, 0.717) is 6.42 Å². The highest BCUT2D eigenvalue weighted by Gasteiger charge is 2.05. The van der Waals surface area contributed by atoms with Gasteiger partial charge in [0.2, 0.25) is 0 Å². The molecule has 0 heterocycles. The van der Waals surface area contributed by atoms with E-state index in [9.17, 15) is 4.79 Å². The van der Waals surface area contributed by atoms with E-state index in [4.69, 9.17) is 0 Å². The van der Waals surface area contributed by atoms with Crippen molar-refractivity contribution < 1.29 is 4.79 Å². The lowest BCUT2D eigenvalue weighted by molar-refractivity contribution is -0.108. The topological polar surface area (TPSA) is 17.1 Å². The second-order valence-corrected chi connectivity index (χ2v) is 4.29. The zero-order valence-corrected chi connectivity index (χ0v) is 9.97. The third-order valence-corrected chi connectivity index (χ3v) is 3.01. The highest BCUT2D eigenvalue weighted by molar-refractivity contribution is 5.64. The average molecular weight is 224 g/mol. The van der Waals surface area contributed by atoms with Gasteiger partial charge in [-0.3, -0.25) is 0 Å². The summed E-state index contributed by atoms with van der Waals surface area (Å²) in [6.45, 7) is 2.08. The smallest absolute Gasteiger partial charge is 0.120 e. The lowest BCUT2D eigenvalue weighted by Crippen LogP contribution is -1.94. The predicted molar refractivity (Wildman–Crippen MR) is 71.0 cm³/mol. The summed E-state index contributed by atoms with van der Waals surface area (Å²) in [5.74, 6) is 0.288. The molecule has 2 aromatic carbocycles. The van der Waals surface area contributed by atoms with Gasteiger partial charge in [0, 0.05) is 6.42 Å². The van der Waals surface area contributed by atoms with E-state index >= 15 is 0 Å². The van der Waals surface area contributed by atoms with Gasteiger partial charge in [-0.25, -0.2) is 0 Å². The summed E-state index contributed by atoms with van der Waals surface area (Å²) >= 11 is 0. The third kappa shape index (κ3) is 2.82. The number of hydrogen-bond acceptors (Lipinski definition) is 1. The van der Waals surface area contributed by atoms with Crippen molar-refractivity contribution in [2.24, 2.45) is 0 Å². The van der Waals surface area contributed by atoms with Crippen molar-refractivity contribution in [3.05, 3.63) is 60.2 Å². The van der Waals surface area contributed by atoms with Crippen LogP contribution < -0.4 is 0 Å². The zero-order valence-electron chi connectivity index (χ0n) is 9.97. The van der Waals surface area contributed by atoms with Crippen LogP contribution in [0.1, 0.15) is 24.8 Å².